The van der Waals surface area contributed by atoms with Crippen molar-refractivity contribution in [3.8, 4) is 0 Å². The second kappa shape index (κ2) is 6.72. The highest BCUT2D eigenvalue weighted by atomic mass is 16.5. The third-order valence-corrected chi connectivity index (χ3v) is 3.67. The molecule has 3 nitrogen and oxygen atoms in total. The van der Waals surface area contributed by atoms with E-state index in [9.17, 15) is 0 Å². The van der Waals surface area contributed by atoms with Gasteiger partial charge in [-0.2, -0.15) is 0 Å². The molecule has 3 unspecified atom stereocenters. The van der Waals surface area contributed by atoms with Crippen LogP contribution in [0, 0.1) is 5.41 Å². The van der Waals surface area contributed by atoms with Crippen molar-refractivity contribution in [3.63, 3.8) is 0 Å². The van der Waals surface area contributed by atoms with Gasteiger partial charge in [0, 0.05) is 12.6 Å². The third kappa shape index (κ3) is 4.23. The summed E-state index contributed by atoms with van der Waals surface area (Å²) in [5.74, 6) is 0. The Kier molecular flexibility index (Phi) is 5.90. The third-order valence-electron chi connectivity index (χ3n) is 3.67. The molecule has 1 rings (SSSR count). The van der Waals surface area contributed by atoms with Gasteiger partial charge in [0.25, 0.3) is 0 Å². The fraction of sp³-hybridized carbons (Fsp3) is 1.00. The van der Waals surface area contributed by atoms with Crippen LogP contribution in [-0.2, 0) is 9.47 Å². The van der Waals surface area contributed by atoms with Crippen LogP contribution in [-0.4, -0.2) is 38.0 Å². The summed E-state index contributed by atoms with van der Waals surface area (Å²) < 4.78 is 11.5. The molecule has 1 aliphatic carbocycles. The van der Waals surface area contributed by atoms with E-state index in [1.165, 1.54) is 6.42 Å². The Morgan fingerprint density at radius 1 is 1.35 bits per heavy atom. The SMILES string of the molecule is CCNC1C(OC(C)COCC)CCC1(C)C. The summed E-state index contributed by atoms with van der Waals surface area (Å²) in [6, 6.07) is 0.469. The molecule has 1 N–H and O–H groups in total. The van der Waals surface area contributed by atoms with Crippen molar-refractivity contribution in [1.29, 1.82) is 0 Å². The Bertz CT molecular complexity index is 218. The van der Waals surface area contributed by atoms with Gasteiger partial charge in [-0.25, -0.2) is 0 Å². The van der Waals surface area contributed by atoms with Gasteiger partial charge < -0.3 is 14.8 Å². The van der Waals surface area contributed by atoms with E-state index in [0.717, 1.165) is 19.6 Å². The molecule has 0 heterocycles. The van der Waals surface area contributed by atoms with E-state index in [2.05, 4.69) is 33.0 Å². The summed E-state index contributed by atoms with van der Waals surface area (Å²) in [6.45, 7) is 13.4. The zero-order valence-corrected chi connectivity index (χ0v) is 12.1. The number of rotatable bonds is 7. The predicted octanol–water partition coefficient (Wildman–Crippen LogP) is 2.59. The predicted molar refractivity (Wildman–Crippen MR) is 71.3 cm³/mol. The minimum atomic E-state index is 0.190. The Balaban J connectivity index is 2.46. The van der Waals surface area contributed by atoms with Crippen molar-refractivity contribution in [3.05, 3.63) is 0 Å². The van der Waals surface area contributed by atoms with Gasteiger partial charge in [-0.3, -0.25) is 0 Å². The summed E-state index contributed by atoms with van der Waals surface area (Å²) in [5.41, 5.74) is 0.339. The molecule has 0 aromatic heterocycles. The first-order valence-electron chi connectivity index (χ1n) is 6.97. The van der Waals surface area contributed by atoms with Crippen LogP contribution in [0.1, 0.15) is 47.5 Å². The number of hydrogen-bond donors (Lipinski definition) is 1. The molecule has 102 valence electrons. The van der Waals surface area contributed by atoms with Gasteiger partial charge >= 0.3 is 0 Å². The largest absolute Gasteiger partial charge is 0.379 e. The highest BCUT2D eigenvalue weighted by molar-refractivity contribution is 4.97. The van der Waals surface area contributed by atoms with Gasteiger partial charge in [0.05, 0.1) is 18.8 Å². The van der Waals surface area contributed by atoms with Crippen molar-refractivity contribution in [1.82, 2.24) is 5.32 Å². The van der Waals surface area contributed by atoms with Crippen LogP contribution >= 0.6 is 0 Å². The lowest BCUT2D eigenvalue weighted by Crippen LogP contribution is -2.46. The van der Waals surface area contributed by atoms with Crippen LogP contribution < -0.4 is 5.32 Å². The number of hydrogen-bond acceptors (Lipinski definition) is 3. The van der Waals surface area contributed by atoms with E-state index >= 15 is 0 Å². The highest BCUT2D eigenvalue weighted by Crippen LogP contribution is 2.39. The molecule has 3 atom stereocenters. The van der Waals surface area contributed by atoms with E-state index in [-0.39, 0.29) is 6.10 Å². The molecule has 3 heteroatoms. The molecule has 0 saturated heterocycles. The van der Waals surface area contributed by atoms with Gasteiger partial charge in [0.2, 0.25) is 0 Å². The summed E-state index contributed by atoms with van der Waals surface area (Å²) in [4.78, 5) is 0. The molecule has 0 radical (unpaired) electrons. The minimum absolute atomic E-state index is 0.190. The molecule has 1 aliphatic rings. The van der Waals surface area contributed by atoms with Gasteiger partial charge in [-0.1, -0.05) is 20.8 Å². The fourth-order valence-corrected chi connectivity index (χ4v) is 2.74. The molecule has 0 aromatic carbocycles. The van der Waals surface area contributed by atoms with Crippen molar-refractivity contribution >= 4 is 0 Å². The molecule has 1 saturated carbocycles. The molecule has 0 spiro atoms. The lowest BCUT2D eigenvalue weighted by molar-refractivity contribution is -0.0576. The Hall–Kier alpha value is -0.120. The summed E-state index contributed by atoms with van der Waals surface area (Å²) >= 11 is 0. The fourth-order valence-electron chi connectivity index (χ4n) is 2.74. The average Bonchev–Trinajstić information content (AvgIpc) is 2.54. The molecule has 0 bridgehead atoms. The molecular formula is C14H29NO2. The van der Waals surface area contributed by atoms with Crippen LogP contribution in [0.3, 0.4) is 0 Å². The van der Waals surface area contributed by atoms with Crippen LogP contribution in [0.25, 0.3) is 0 Å². The lowest BCUT2D eigenvalue weighted by atomic mass is 9.87. The maximum atomic E-state index is 6.13. The first-order valence-corrected chi connectivity index (χ1v) is 6.97. The number of nitrogens with one attached hydrogen (secondary N) is 1. The first kappa shape index (κ1) is 14.9. The Morgan fingerprint density at radius 3 is 2.65 bits per heavy atom. The van der Waals surface area contributed by atoms with E-state index < -0.39 is 0 Å². The second-order valence-electron chi connectivity index (χ2n) is 5.71. The average molecular weight is 243 g/mol. The number of likely N-dealkylation sites (N-methyl/N-ethyl adjacent to an activating group) is 1. The maximum absolute atomic E-state index is 6.13. The van der Waals surface area contributed by atoms with E-state index in [1.54, 1.807) is 0 Å². The van der Waals surface area contributed by atoms with Crippen molar-refractivity contribution in [2.24, 2.45) is 5.41 Å². The molecular weight excluding hydrogens is 214 g/mol. The highest BCUT2D eigenvalue weighted by Gasteiger charge is 2.42. The first-order chi connectivity index (χ1) is 8.01. The topological polar surface area (TPSA) is 30.5 Å². The summed E-state index contributed by atoms with van der Waals surface area (Å²) in [7, 11) is 0. The standard InChI is InChI=1S/C14H29NO2/c1-6-15-13-12(8-9-14(13,4)5)17-11(3)10-16-7-2/h11-13,15H,6-10H2,1-5H3. The minimum Gasteiger partial charge on any atom is -0.379 e. The molecule has 0 aromatic rings. The van der Waals surface area contributed by atoms with Gasteiger partial charge in [-0.05, 0) is 38.6 Å². The monoisotopic (exact) mass is 243 g/mol. The van der Waals surface area contributed by atoms with Gasteiger partial charge in [0.15, 0.2) is 0 Å². The molecule has 17 heavy (non-hydrogen) atoms. The van der Waals surface area contributed by atoms with Crippen molar-refractivity contribution in [2.75, 3.05) is 19.8 Å². The molecule has 1 fully saturated rings. The van der Waals surface area contributed by atoms with E-state index in [0.29, 0.717) is 24.2 Å². The van der Waals surface area contributed by atoms with Crippen LogP contribution in [0.15, 0.2) is 0 Å². The smallest absolute Gasteiger partial charge is 0.0785 e. The van der Waals surface area contributed by atoms with Crippen molar-refractivity contribution in [2.45, 2.75) is 65.7 Å². The normalized spacial score (nSPS) is 29.5. The quantitative estimate of drug-likeness (QED) is 0.745. The Labute approximate surface area is 106 Å². The lowest BCUT2D eigenvalue weighted by Gasteiger charge is -2.32. The molecule has 0 amide bonds. The Morgan fingerprint density at radius 2 is 2.06 bits per heavy atom. The second-order valence-corrected chi connectivity index (χ2v) is 5.71. The van der Waals surface area contributed by atoms with Crippen LogP contribution in [0.5, 0.6) is 0 Å². The van der Waals surface area contributed by atoms with Gasteiger partial charge in [0.1, 0.15) is 0 Å². The number of ether oxygens (including phenoxy) is 2. The van der Waals surface area contributed by atoms with Crippen LogP contribution in [0.2, 0.25) is 0 Å². The zero-order chi connectivity index (χ0) is 12.9. The van der Waals surface area contributed by atoms with Gasteiger partial charge in [-0.15, -0.1) is 0 Å². The van der Waals surface area contributed by atoms with Crippen LogP contribution in [0.4, 0.5) is 0 Å². The summed E-state index contributed by atoms with van der Waals surface area (Å²) in [6.07, 6.45) is 2.91. The van der Waals surface area contributed by atoms with E-state index in [4.69, 9.17) is 9.47 Å². The molecule has 0 aliphatic heterocycles. The van der Waals surface area contributed by atoms with E-state index in [1.807, 2.05) is 6.92 Å². The zero-order valence-electron chi connectivity index (χ0n) is 12.1. The summed E-state index contributed by atoms with van der Waals surface area (Å²) in [5, 5.41) is 3.58. The van der Waals surface area contributed by atoms with Crippen molar-refractivity contribution < 1.29 is 9.47 Å². The maximum Gasteiger partial charge on any atom is 0.0785 e.